The average molecular weight is 476 g/mol. The standard InChI is InChI=1S/C30H41N3O2/c1-4-27-19-30(22(2)31-27)23(3)33-15-6-5-8-28(33)13-11-24-10-12-25-14-16-32(20-26(25)18-24)29(21-35)9-7-17-34/h10,12,17-18,21,28-29H,3-9,11,13-16,19-20H2,1-2H3. The van der Waals surface area contributed by atoms with Gasteiger partial charge in [-0.25, -0.2) is 0 Å². The number of piperidine rings is 1. The third-order valence-electron chi connectivity index (χ3n) is 8.16. The Bertz CT molecular complexity index is 1010. The van der Waals surface area contributed by atoms with Crippen LogP contribution in [0.4, 0.5) is 0 Å². The Morgan fingerprint density at radius 3 is 2.83 bits per heavy atom. The highest BCUT2D eigenvalue weighted by Crippen LogP contribution is 2.33. The van der Waals surface area contributed by atoms with Crippen LogP contribution in [0.15, 0.2) is 46.7 Å². The van der Waals surface area contributed by atoms with Crippen molar-refractivity contribution >= 4 is 18.3 Å². The Morgan fingerprint density at radius 2 is 2.09 bits per heavy atom. The molecule has 0 radical (unpaired) electrons. The summed E-state index contributed by atoms with van der Waals surface area (Å²) < 4.78 is 0. The molecule has 2 unspecified atom stereocenters. The molecule has 0 aromatic heterocycles. The number of allylic oxidation sites excluding steroid dienone is 2. The van der Waals surface area contributed by atoms with Gasteiger partial charge in [-0.2, -0.15) is 0 Å². The molecule has 1 aromatic rings. The maximum atomic E-state index is 11.6. The summed E-state index contributed by atoms with van der Waals surface area (Å²) in [4.78, 5) is 32.0. The van der Waals surface area contributed by atoms with Crippen molar-refractivity contribution in [3.8, 4) is 0 Å². The van der Waals surface area contributed by atoms with Gasteiger partial charge in [0.1, 0.15) is 12.6 Å². The molecular weight excluding hydrogens is 434 g/mol. The van der Waals surface area contributed by atoms with E-state index >= 15 is 0 Å². The molecule has 0 saturated carbocycles. The van der Waals surface area contributed by atoms with E-state index in [9.17, 15) is 9.59 Å². The monoisotopic (exact) mass is 475 g/mol. The first-order chi connectivity index (χ1) is 17.0. The van der Waals surface area contributed by atoms with Crippen LogP contribution in [0.3, 0.4) is 0 Å². The minimum absolute atomic E-state index is 0.163. The number of nitrogens with zero attached hydrogens (tertiary/aromatic N) is 3. The van der Waals surface area contributed by atoms with Crippen LogP contribution in [0, 0.1) is 0 Å². The molecule has 0 amide bonds. The predicted octanol–water partition coefficient (Wildman–Crippen LogP) is 5.42. The van der Waals surface area contributed by atoms with Crippen LogP contribution in [0.2, 0.25) is 0 Å². The van der Waals surface area contributed by atoms with E-state index in [4.69, 9.17) is 4.99 Å². The number of hydrogen-bond donors (Lipinski definition) is 0. The van der Waals surface area contributed by atoms with Crippen LogP contribution in [-0.2, 0) is 29.0 Å². The maximum absolute atomic E-state index is 11.6. The molecule has 188 valence electrons. The fraction of sp³-hybridized carbons (Fsp3) is 0.567. The Labute approximate surface area is 211 Å². The molecule has 0 bridgehead atoms. The van der Waals surface area contributed by atoms with Crippen LogP contribution in [0.1, 0.15) is 81.9 Å². The number of carbonyl (C=O) groups is 2. The molecule has 1 aromatic carbocycles. The number of benzene rings is 1. The summed E-state index contributed by atoms with van der Waals surface area (Å²) in [6.07, 6.45) is 11.9. The number of aryl methyl sites for hydroxylation is 1. The van der Waals surface area contributed by atoms with Crippen molar-refractivity contribution in [2.75, 3.05) is 13.1 Å². The molecule has 5 nitrogen and oxygen atoms in total. The SMILES string of the molecule is C=C(C1=C(C)N=C(CC)C1)N1CCCCC1CCc1ccc2c(c1)CN(C(C=O)CCC=O)CC2. The highest BCUT2D eigenvalue weighted by atomic mass is 16.1. The highest BCUT2D eigenvalue weighted by molar-refractivity contribution is 5.90. The highest BCUT2D eigenvalue weighted by Gasteiger charge is 2.28. The van der Waals surface area contributed by atoms with Gasteiger partial charge >= 0.3 is 0 Å². The van der Waals surface area contributed by atoms with E-state index in [1.807, 2.05) is 0 Å². The lowest BCUT2D eigenvalue weighted by atomic mass is 9.91. The lowest BCUT2D eigenvalue weighted by Crippen LogP contribution is -2.40. The van der Waals surface area contributed by atoms with Gasteiger partial charge in [-0.15, -0.1) is 0 Å². The van der Waals surface area contributed by atoms with Gasteiger partial charge in [0.2, 0.25) is 0 Å². The van der Waals surface area contributed by atoms with E-state index in [0.29, 0.717) is 18.9 Å². The minimum Gasteiger partial charge on any atom is -0.369 e. The average Bonchev–Trinajstić information content (AvgIpc) is 3.28. The second-order valence-corrected chi connectivity index (χ2v) is 10.4. The second-order valence-electron chi connectivity index (χ2n) is 10.4. The summed E-state index contributed by atoms with van der Waals surface area (Å²) in [5.74, 6) is 0. The first kappa shape index (κ1) is 25.6. The number of aldehydes is 2. The maximum Gasteiger partial charge on any atom is 0.137 e. The summed E-state index contributed by atoms with van der Waals surface area (Å²) in [5.41, 5.74) is 9.07. The molecule has 4 rings (SSSR count). The molecule has 2 atom stereocenters. The third-order valence-corrected chi connectivity index (χ3v) is 8.16. The molecule has 5 heteroatoms. The van der Waals surface area contributed by atoms with E-state index in [0.717, 1.165) is 70.0 Å². The van der Waals surface area contributed by atoms with Crippen molar-refractivity contribution < 1.29 is 9.59 Å². The fourth-order valence-corrected chi connectivity index (χ4v) is 6.00. The van der Waals surface area contributed by atoms with Crippen LogP contribution >= 0.6 is 0 Å². The largest absolute Gasteiger partial charge is 0.369 e. The third kappa shape index (κ3) is 6.00. The molecule has 3 aliphatic rings. The zero-order chi connectivity index (χ0) is 24.8. The number of rotatable bonds is 11. The van der Waals surface area contributed by atoms with E-state index in [1.165, 1.54) is 52.9 Å². The lowest BCUT2D eigenvalue weighted by Gasteiger charge is -2.39. The summed E-state index contributed by atoms with van der Waals surface area (Å²) in [5, 5.41) is 0. The smallest absolute Gasteiger partial charge is 0.137 e. The number of carbonyl (C=O) groups excluding carboxylic acids is 2. The first-order valence-corrected chi connectivity index (χ1v) is 13.5. The van der Waals surface area contributed by atoms with Crippen LogP contribution < -0.4 is 0 Å². The zero-order valence-electron chi connectivity index (χ0n) is 21.6. The van der Waals surface area contributed by atoms with E-state index in [2.05, 4.69) is 48.4 Å². The minimum atomic E-state index is -0.163. The van der Waals surface area contributed by atoms with Crippen molar-refractivity contribution in [3.63, 3.8) is 0 Å². The Morgan fingerprint density at radius 1 is 1.23 bits per heavy atom. The van der Waals surface area contributed by atoms with Gasteiger partial charge in [0.25, 0.3) is 0 Å². The van der Waals surface area contributed by atoms with E-state index < -0.39 is 0 Å². The molecule has 0 N–H and O–H groups in total. The second kappa shape index (κ2) is 11.9. The summed E-state index contributed by atoms with van der Waals surface area (Å²) in [6.45, 7) is 11.6. The number of hydrogen-bond acceptors (Lipinski definition) is 5. The van der Waals surface area contributed by atoms with Crippen molar-refractivity contribution in [1.29, 1.82) is 0 Å². The van der Waals surface area contributed by atoms with Gasteiger partial charge in [-0.1, -0.05) is 31.7 Å². The fourth-order valence-electron chi connectivity index (χ4n) is 6.00. The number of aliphatic imine (C=N–C) groups is 1. The van der Waals surface area contributed by atoms with E-state index in [1.54, 1.807) is 0 Å². The summed E-state index contributed by atoms with van der Waals surface area (Å²) in [7, 11) is 0. The van der Waals surface area contributed by atoms with Gasteiger partial charge < -0.3 is 14.5 Å². The molecule has 35 heavy (non-hydrogen) atoms. The Kier molecular flexibility index (Phi) is 8.72. The van der Waals surface area contributed by atoms with E-state index in [-0.39, 0.29) is 6.04 Å². The number of fused-ring (bicyclic) bond motifs is 1. The van der Waals surface area contributed by atoms with Gasteiger partial charge in [-0.3, -0.25) is 9.89 Å². The molecule has 1 fully saturated rings. The quantitative estimate of drug-likeness (QED) is 0.401. The van der Waals surface area contributed by atoms with Gasteiger partial charge in [0, 0.05) is 61.2 Å². The number of likely N-dealkylation sites (tertiary alicyclic amines) is 1. The van der Waals surface area contributed by atoms with Crippen molar-refractivity contribution in [1.82, 2.24) is 9.80 Å². The molecule has 3 heterocycles. The Balaban J connectivity index is 1.39. The van der Waals surface area contributed by atoms with Crippen LogP contribution in [0.25, 0.3) is 0 Å². The molecule has 0 spiro atoms. The topological polar surface area (TPSA) is 53.0 Å². The molecule has 3 aliphatic heterocycles. The Hall–Kier alpha value is -2.53. The summed E-state index contributed by atoms with van der Waals surface area (Å²) >= 11 is 0. The zero-order valence-corrected chi connectivity index (χ0v) is 21.6. The summed E-state index contributed by atoms with van der Waals surface area (Å²) in [6, 6.07) is 7.31. The first-order valence-electron chi connectivity index (χ1n) is 13.5. The van der Waals surface area contributed by atoms with Crippen molar-refractivity contribution in [2.24, 2.45) is 4.99 Å². The van der Waals surface area contributed by atoms with Crippen LogP contribution in [0.5, 0.6) is 0 Å². The predicted molar refractivity (Wildman–Crippen MR) is 143 cm³/mol. The van der Waals surface area contributed by atoms with Gasteiger partial charge in [-0.05, 0) is 75.0 Å². The molecule has 1 saturated heterocycles. The van der Waals surface area contributed by atoms with Gasteiger partial charge in [0.15, 0.2) is 0 Å². The van der Waals surface area contributed by atoms with Crippen molar-refractivity contribution in [3.05, 3.63) is 58.4 Å². The van der Waals surface area contributed by atoms with Crippen LogP contribution in [-0.4, -0.2) is 53.3 Å². The normalized spacial score (nSPS) is 21.5. The molecular formula is C30H41N3O2. The van der Waals surface area contributed by atoms with Gasteiger partial charge in [0.05, 0.1) is 6.04 Å². The lowest BCUT2D eigenvalue weighted by molar-refractivity contribution is -0.113. The molecule has 0 aliphatic carbocycles. The van der Waals surface area contributed by atoms with Crippen molar-refractivity contribution in [2.45, 2.75) is 96.7 Å².